The summed E-state index contributed by atoms with van der Waals surface area (Å²) in [5, 5.41) is 10.8. The number of ketones is 1. The van der Waals surface area contributed by atoms with Gasteiger partial charge in [-0.1, -0.05) is 0 Å². The molecule has 2 fully saturated rings. The van der Waals surface area contributed by atoms with Crippen LogP contribution in [0.3, 0.4) is 0 Å². The first kappa shape index (κ1) is 22.8. The summed E-state index contributed by atoms with van der Waals surface area (Å²) in [6.45, 7) is 1.78. The van der Waals surface area contributed by atoms with Crippen LogP contribution in [-0.2, 0) is 0 Å². The van der Waals surface area contributed by atoms with Crippen molar-refractivity contribution >= 4 is 43.9 Å². The number of methoxy groups -OCH3 is 1. The molecule has 1 saturated carbocycles. The molecule has 1 saturated heterocycles. The number of carbonyl (C=O) groups excluding carboxylic acids is 1. The molecule has 5 rings (SSSR count). The molecule has 1 aromatic carbocycles. The van der Waals surface area contributed by atoms with Gasteiger partial charge in [0.25, 0.3) is 0 Å². The lowest BCUT2D eigenvalue weighted by molar-refractivity contribution is 0.101. The van der Waals surface area contributed by atoms with E-state index < -0.39 is 17.1 Å². The number of ether oxygens (including phenoxy) is 1. The van der Waals surface area contributed by atoms with E-state index in [0.717, 1.165) is 30.2 Å². The van der Waals surface area contributed by atoms with Crippen molar-refractivity contribution in [1.82, 2.24) is 4.57 Å². The van der Waals surface area contributed by atoms with E-state index in [1.54, 1.807) is 4.90 Å². The second-order valence-electron chi connectivity index (χ2n) is 8.82. The van der Waals surface area contributed by atoms with Gasteiger partial charge in [-0.3, -0.25) is 9.59 Å². The second kappa shape index (κ2) is 8.35. The molecule has 3 N–H and O–H groups in total. The van der Waals surface area contributed by atoms with Gasteiger partial charge in [-0.15, -0.1) is 11.3 Å². The van der Waals surface area contributed by atoms with Gasteiger partial charge in [0.1, 0.15) is 26.6 Å². The van der Waals surface area contributed by atoms with Crippen LogP contribution in [0.2, 0.25) is 0 Å². The number of nitrogens with two attached hydrogens (primary N) is 1. The Morgan fingerprint density at radius 2 is 2.12 bits per heavy atom. The summed E-state index contributed by atoms with van der Waals surface area (Å²) in [5.74, 6) is -1.59. The second-order valence-corrected chi connectivity index (χ2v) is 9.82. The Hall–Kier alpha value is -2.98. The average molecular weight is 490 g/mol. The van der Waals surface area contributed by atoms with Crippen molar-refractivity contribution < 1.29 is 23.4 Å². The van der Waals surface area contributed by atoms with Crippen molar-refractivity contribution in [2.75, 3.05) is 31.6 Å². The molecule has 0 radical (unpaired) electrons. The van der Waals surface area contributed by atoms with Gasteiger partial charge in [-0.05, 0) is 37.3 Å². The molecule has 10 heteroatoms. The van der Waals surface area contributed by atoms with E-state index in [2.05, 4.69) is 0 Å². The minimum Gasteiger partial charge on any atom is -0.505 e. The van der Waals surface area contributed by atoms with Gasteiger partial charge in [0, 0.05) is 32.6 Å². The predicted octanol–water partition coefficient (Wildman–Crippen LogP) is 4.39. The van der Waals surface area contributed by atoms with E-state index in [4.69, 9.17) is 10.5 Å². The van der Waals surface area contributed by atoms with Gasteiger partial charge in [-0.2, -0.15) is 0 Å². The van der Waals surface area contributed by atoms with Crippen molar-refractivity contribution in [3.8, 4) is 11.5 Å². The van der Waals surface area contributed by atoms with E-state index in [-0.39, 0.29) is 57.8 Å². The number of Topliss-reactive ketones (excluding diaryl/α,β-unsaturated/α-hetero) is 1. The smallest absolute Gasteiger partial charge is 0.202 e. The number of benzene rings is 1. The maximum atomic E-state index is 15.6. The number of aromatic nitrogens is 1. The average Bonchev–Trinajstić information content (AvgIpc) is 3.60. The van der Waals surface area contributed by atoms with Crippen LogP contribution in [-0.4, -0.2) is 42.2 Å². The standard InChI is InChI=1S/C24H25F2N3O4S/c1-11(30)23-21(32)17-20(31)14-8-15(25)19(28-7-3-4-12(10-28)16(26)9-27)22(33-2)18(14)29(13-5-6-13)24(17)34-23/h8,13,32H,3-7,9-10,27H2,1-2H3/b16-12-. The Bertz CT molecular complexity index is 1440. The van der Waals surface area contributed by atoms with Crippen LogP contribution in [0, 0.1) is 5.82 Å². The fraction of sp³-hybridized carbons (Fsp3) is 0.417. The lowest BCUT2D eigenvalue weighted by Gasteiger charge is -2.33. The summed E-state index contributed by atoms with van der Waals surface area (Å²) >= 11 is 1.06. The van der Waals surface area contributed by atoms with Gasteiger partial charge < -0.3 is 25.0 Å². The van der Waals surface area contributed by atoms with Crippen LogP contribution < -0.4 is 20.8 Å². The Kier molecular flexibility index (Phi) is 5.60. The molecule has 0 bridgehead atoms. The third-order valence-corrected chi connectivity index (χ3v) is 7.86. The summed E-state index contributed by atoms with van der Waals surface area (Å²) in [6.07, 6.45) is 2.86. The quantitative estimate of drug-likeness (QED) is 0.516. The number of pyridine rings is 1. The van der Waals surface area contributed by atoms with Crippen molar-refractivity contribution in [2.24, 2.45) is 5.73 Å². The number of nitrogens with zero attached hydrogens (tertiary/aromatic N) is 2. The first-order chi connectivity index (χ1) is 16.3. The molecule has 1 aliphatic heterocycles. The van der Waals surface area contributed by atoms with Crippen molar-refractivity contribution in [3.05, 3.63) is 38.4 Å². The van der Waals surface area contributed by atoms with Gasteiger partial charge in [0.05, 0.1) is 18.0 Å². The first-order valence-corrected chi connectivity index (χ1v) is 12.0. The molecule has 0 unspecified atom stereocenters. The van der Waals surface area contributed by atoms with Crippen LogP contribution in [0.25, 0.3) is 21.1 Å². The SMILES string of the molecule is COc1c(N2CCC/C(=C(/F)CN)C2)c(F)cc2c(=O)c3c(O)c(C(C)=O)sc3n(C3CC3)c12. The first-order valence-electron chi connectivity index (χ1n) is 11.2. The zero-order chi connectivity index (χ0) is 24.3. The molecule has 2 aromatic heterocycles. The van der Waals surface area contributed by atoms with Crippen molar-refractivity contribution in [2.45, 2.75) is 38.6 Å². The summed E-state index contributed by atoms with van der Waals surface area (Å²) in [5.41, 5.74) is 6.04. The molecular formula is C24H25F2N3O4S. The normalized spacial score (nSPS) is 18.1. The third kappa shape index (κ3) is 3.39. The maximum absolute atomic E-state index is 15.6. The zero-order valence-electron chi connectivity index (χ0n) is 18.9. The Morgan fingerprint density at radius 3 is 2.74 bits per heavy atom. The van der Waals surface area contributed by atoms with E-state index in [1.165, 1.54) is 14.0 Å². The highest BCUT2D eigenvalue weighted by Crippen LogP contribution is 2.48. The largest absolute Gasteiger partial charge is 0.505 e. The number of hydrogen-bond acceptors (Lipinski definition) is 7. The molecule has 0 spiro atoms. The molecular weight excluding hydrogens is 464 g/mol. The number of aromatic hydroxyl groups is 1. The number of thiophene rings is 1. The van der Waals surface area contributed by atoms with Crippen LogP contribution in [0.1, 0.15) is 48.3 Å². The molecule has 180 valence electrons. The summed E-state index contributed by atoms with van der Waals surface area (Å²) in [6, 6.07) is 1.19. The van der Waals surface area contributed by atoms with Gasteiger partial charge in [0.15, 0.2) is 23.1 Å². The molecule has 1 aliphatic carbocycles. The molecule has 3 heterocycles. The molecule has 0 atom stereocenters. The highest BCUT2D eigenvalue weighted by molar-refractivity contribution is 7.21. The molecule has 0 amide bonds. The summed E-state index contributed by atoms with van der Waals surface area (Å²) in [7, 11) is 1.41. The monoisotopic (exact) mass is 489 g/mol. The Balaban J connectivity index is 1.85. The number of carbonyl (C=O) groups is 1. The fourth-order valence-corrected chi connectivity index (χ4v) is 6.04. The molecule has 7 nitrogen and oxygen atoms in total. The number of hydrogen-bond donors (Lipinski definition) is 2. The minimum atomic E-state index is -0.668. The predicted molar refractivity (Wildman–Crippen MR) is 129 cm³/mol. The van der Waals surface area contributed by atoms with Gasteiger partial charge in [0.2, 0.25) is 5.43 Å². The van der Waals surface area contributed by atoms with E-state index in [1.807, 2.05) is 4.57 Å². The number of halogens is 2. The van der Waals surface area contributed by atoms with Crippen LogP contribution in [0.4, 0.5) is 14.5 Å². The number of anilines is 1. The molecule has 34 heavy (non-hydrogen) atoms. The Labute approximate surface area is 198 Å². The number of rotatable bonds is 5. The minimum absolute atomic E-state index is 0.0250. The topological polar surface area (TPSA) is 97.8 Å². The Morgan fingerprint density at radius 1 is 1.38 bits per heavy atom. The maximum Gasteiger partial charge on any atom is 0.202 e. The van der Waals surface area contributed by atoms with E-state index >= 15 is 4.39 Å². The highest BCUT2D eigenvalue weighted by Gasteiger charge is 2.34. The third-order valence-electron chi connectivity index (χ3n) is 6.58. The molecule has 2 aliphatic rings. The fourth-order valence-electron chi connectivity index (χ4n) is 4.88. The highest BCUT2D eigenvalue weighted by atomic mass is 32.1. The summed E-state index contributed by atoms with van der Waals surface area (Å²) in [4.78, 5) is 27.8. The van der Waals surface area contributed by atoms with Crippen molar-refractivity contribution in [3.63, 3.8) is 0 Å². The zero-order valence-corrected chi connectivity index (χ0v) is 19.7. The van der Waals surface area contributed by atoms with E-state index in [0.29, 0.717) is 35.3 Å². The van der Waals surface area contributed by atoms with Gasteiger partial charge >= 0.3 is 0 Å². The molecule has 3 aromatic rings. The van der Waals surface area contributed by atoms with Gasteiger partial charge in [-0.25, -0.2) is 8.78 Å². The van der Waals surface area contributed by atoms with Crippen LogP contribution in [0.5, 0.6) is 11.5 Å². The van der Waals surface area contributed by atoms with Crippen LogP contribution >= 0.6 is 11.3 Å². The lowest BCUT2D eigenvalue weighted by Crippen LogP contribution is -2.33. The van der Waals surface area contributed by atoms with Crippen LogP contribution in [0.15, 0.2) is 22.3 Å². The van der Waals surface area contributed by atoms with E-state index in [9.17, 15) is 19.1 Å². The summed E-state index contributed by atoms with van der Waals surface area (Å²) < 4.78 is 37.5. The number of piperidine rings is 1. The number of fused-ring (bicyclic) bond motifs is 2. The van der Waals surface area contributed by atoms with Crippen molar-refractivity contribution in [1.29, 1.82) is 0 Å². The lowest BCUT2D eigenvalue weighted by atomic mass is 10.0.